The second-order valence-corrected chi connectivity index (χ2v) is 5.58. The highest BCUT2D eigenvalue weighted by Crippen LogP contribution is 2.23. The lowest BCUT2D eigenvalue weighted by Crippen LogP contribution is -2.20. The highest BCUT2D eigenvalue weighted by molar-refractivity contribution is 5.91. The number of hydrogen-bond acceptors (Lipinski definition) is 2. The molecule has 1 aromatic carbocycles. The van der Waals surface area contributed by atoms with E-state index in [0.29, 0.717) is 18.9 Å². The predicted molar refractivity (Wildman–Crippen MR) is 86.3 cm³/mol. The monoisotopic (exact) mass is 290 g/mol. The van der Waals surface area contributed by atoms with Crippen molar-refractivity contribution >= 4 is 17.5 Å². The summed E-state index contributed by atoms with van der Waals surface area (Å²) in [4.78, 5) is 22.6. The third kappa shape index (κ3) is 6.93. The number of carbonyl (C=O) groups is 2. The number of unbranched alkanes of at least 4 members (excludes halogenated alkanes) is 2. The molecule has 0 saturated heterocycles. The van der Waals surface area contributed by atoms with E-state index in [-0.39, 0.29) is 11.8 Å². The summed E-state index contributed by atoms with van der Waals surface area (Å²) in [6.07, 6.45) is 3.22. The fourth-order valence-corrected chi connectivity index (χ4v) is 2.18. The summed E-state index contributed by atoms with van der Waals surface area (Å²) < 4.78 is 0. The summed E-state index contributed by atoms with van der Waals surface area (Å²) in [5.74, 6) is 0.444. The number of para-hydroxylation sites is 1. The topological polar surface area (TPSA) is 58.2 Å². The molecule has 21 heavy (non-hydrogen) atoms. The van der Waals surface area contributed by atoms with Crippen LogP contribution in [-0.4, -0.2) is 18.4 Å². The molecule has 0 spiro atoms. The molecule has 0 unspecified atom stereocenters. The number of anilines is 1. The number of nitrogens with one attached hydrogen (secondary N) is 2. The van der Waals surface area contributed by atoms with Gasteiger partial charge in [0.15, 0.2) is 0 Å². The molecule has 0 bridgehead atoms. The quantitative estimate of drug-likeness (QED) is 0.720. The van der Waals surface area contributed by atoms with Gasteiger partial charge >= 0.3 is 0 Å². The van der Waals surface area contributed by atoms with Gasteiger partial charge in [0, 0.05) is 25.6 Å². The van der Waals surface area contributed by atoms with Crippen LogP contribution in [0.25, 0.3) is 0 Å². The smallest absolute Gasteiger partial charge is 0.224 e. The Balaban J connectivity index is 2.29. The van der Waals surface area contributed by atoms with E-state index >= 15 is 0 Å². The van der Waals surface area contributed by atoms with Crippen molar-refractivity contribution in [2.75, 3.05) is 11.9 Å². The Kier molecular flexibility index (Phi) is 7.51. The third-order valence-electron chi connectivity index (χ3n) is 3.31. The van der Waals surface area contributed by atoms with Crippen molar-refractivity contribution in [3.63, 3.8) is 0 Å². The van der Waals surface area contributed by atoms with E-state index in [2.05, 4.69) is 24.5 Å². The maximum atomic E-state index is 11.9. The van der Waals surface area contributed by atoms with Crippen molar-refractivity contribution in [3.05, 3.63) is 29.8 Å². The van der Waals surface area contributed by atoms with Gasteiger partial charge in [-0.2, -0.15) is 0 Å². The summed E-state index contributed by atoms with van der Waals surface area (Å²) in [5.41, 5.74) is 2.08. The van der Waals surface area contributed by atoms with Crippen molar-refractivity contribution in [2.24, 2.45) is 0 Å². The van der Waals surface area contributed by atoms with Gasteiger partial charge in [-0.15, -0.1) is 0 Å². The van der Waals surface area contributed by atoms with Crippen LogP contribution in [0.15, 0.2) is 24.3 Å². The molecule has 1 aromatic rings. The maximum absolute atomic E-state index is 11.9. The van der Waals surface area contributed by atoms with Crippen molar-refractivity contribution in [1.82, 2.24) is 5.32 Å². The molecule has 0 aliphatic carbocycles. The van der Waals surface area contributed by atoms with Crippen molar-refractivity contribution in [3.8, 4) is 0 Å². The zero-order valence-electron chi connectivity index (χ0n) is 13.2. The fourth-order valence-electron chi connectivity index (χ4n) is 2.18. The van der Waals surface area contributed by atoms with Crippen LogP contribution < -0.4 is 10.6 Å². The van der Waals surface area contributed by atoms with Gasteiger partial charge in [0.1, 0.15) is 0 Å². The number of hydrogen-bond donors (Lipinski definition) is 2. The fraction of sp³-hybridized carbons (Fsp3) is 0.529. The lowest BCUT2D eigenvalue weighted by atomic mass is 10.0. The normalized spacial score (nSPS) is 10.5. The molecule has 2 amide bonds. The largest absolute Gasteiger partial charge is 0.356 e. The number of amides is 2. The van der Waals surface area contributed by atoms with E-state index in [1.54, 1.807) is 0 Å². The maximum Gasteiger partial charge on any atom is 0.224 e. The summed E-state index contributed by atoms with van der Waals surface area (Å²) in [6, 6.07) is 7.93. The van der Waals surface area contributed by atoms with Crippen LogP contribution in [0.4, 0.5) is 5.69 Å². The molecule has 0 aromatic heterocycles. The van der Waals surface area contributed by atoms with E-state index in [4.69, 9.17) is 0 Å². The first-order valence-corrected chi connectivity index (χ1v) is 7.64. The lowest BCUT2D eigenvalue weighted by Gasteiger charge is -2.13. The van der Waals surface area contributed by atoms with Crippen LogP contribution in [0.5, 0.6) is 0 Å². The molecule has 1 rings (SSSR count). The zero-order valence-corrected chi connectivity index (χ0v) is 13.2. The van der Waals surface area contributed by atoms with E-state index in [1.165, 1.54) is 6.92 Å². The van der Waals surface area contributed by atoms with Gasteiger partial charge in [0.25, 0.3) is 0 Å². The Hall–Kier alpha value is -1.84. The van der Waals surface area contributed by atoms with Gasteiger partial charge in [-0.25, -0.2) is 0 Å². The summed E-state index contributed by atoms with van der Waals surface area (Å²) in [7, 11) is 0. The molecule has 0 atom stereocenters. The number of rotatable bonds is 8. The summed E-state index contributed by atoms with van der Waals surface area (Å²) >= 11 is 0. The molecule has 4 nitrogen and oxygen atoms in total. The molecule has 0 radical (unpaired) electrons. The first kappa shape index (κ1) is 17.2. The molecule has 2 N–H and O–H groups in total. The van der Waals surface area contributed by atoms with Gasteiger partial charge in [0.2, 0.25) is 11.8 Å². The van der Waals surface area contributed by atoms with Gasteiger partial charge in [0.05, 0.1) is 0 Å². The van der Waals surface area contributed by atoms with Gasteiger partial charge in [-0.1, -0.05) is 38.5 Å². The number of carbonyl (C=O) groups excluding carboxylic acids is 2. The Morgan fingerprint density at radius 2 is 1.81 bits per heavy atom. The van der Waals surface area contributed by atoms with E-state index < -0.39 is 0 Å². The first-order valence-electron chi connectivity index (χ1n) is 7.64. The predicted octanol–water partition coefficient (Wildman–Crippen LogP) is 3.45. The molecule has 116 valence electrons. The standard InChI is InChI=1S/C17H26N2O2/c1-13(2)15-9-6-7-10-16(15)19-17(21)11-5-4-8-12-18-14(3)20/h6-7,9-10,13H,4-5,8,11-12H2,1-3H3,(H,18,20)(H,19,21). The van der Waals surface area contributed by atoms with E-state index in [0.717, 1.165) is 30.5 Å². The highest BCUT2D eigenvalue weighted by atomic mass is 16.2. The van der Waals surface area contributed by atoms with E-state index in [9.17, 15) is 9.59 Å². The van der Waals surface area contributed by atoms with Gasteiger partial charge < -0.3 is 10.6 Å². The van der Waals surface area contributed by atoms with Crippen molar-refractivity contribution < 1.29 is 9.59 Å². The Morgan fingerprint density at radius 1 is 1.10 bits per heavy atom. The zero-order chi connectivity index (χ0) is 15.7. The Labute approximate surface area is 127 Å². The van der Waals surface area contributed by atoms with Crippen LogP contribution in [0.1, 0.15) is 57.9 Å². The van der Waals surface area contributed by atoms with Crippen molar-refractivity contribution in [1.29, 1.82) is 0 Å². The molecule has 0 aliphatic heterocycles. The molecule has 0 saturated carbocycles. The second-order valence-electron chi connectivity index (χ2n) is 5.58. The average molecular weight is 290 g/mol. The molecule has 0 heterocycles. The van der Waals surface area contributed by atoms with Gasteiger partial charge in [-0.05, 0) is 30.4 Å². The first-order chi connectivity index (χ1) is 10.0. The molecule has 0 fully saturated rings. The molecular weight excluding hydrogens is 264 g/mol. The van der Waals surface area contributed by atoms with Crippen LogP contribution in [-0.2, 0) is 9.59 Å². The van der Waals surface area contributed by atoms with E-state index in [1.807, 2.05) is 24.3 Å². The second kappa shape index (κ2) is 9.16. The SMILES string of the molecule is CC(=O)NCCCCCC(=O)Nc1ccccc1C(C)C. The Morgan fingerprint density at radius 3 is 2.48 bits per heavy atom. The molecule has 0 aliphatic rings. The minimum atomic E-state index is -0.00182. The van der Waals surface area contributed by atoms with Crippen LogP contribution in [0, 0.1) is 0 Å². The molecular formula is C17H26N2O2. The van der Waals surface area contributed by atoms with Gasteiger partial charge in [-0.3, -0.25) is 9.59 Å². The van der Waals surface area contributed by atoms with Crippen LogP contribution >= 0.6 is 0 Å². The summed E-state index contributed by atoms with van der Waals surface area (Å²) in [5, 5.41) is 5.75. The minimum Gasteiger partial charge on any atom is -0.356 e. The van der Waals surface area contributed by atoms with Crippen molar-refractivity contribution in [2.45, 2.75) is 52.4 Å². The number of benzene rings is 1. The third-order valence-corrected chi connectivity index (χ3v) is 3.31. The highest BCUT2D eigenvalue weighted by Gasteiger charge is 2.08. The average Bonchev–Trinajstić information content (AvgIpc) is 2.42. The van der Waals surface area contributed by atoms with Crippen LogP contribution in [0.2, 0.25) is 0 Å². The molecule has 4 heteroatoms. The minimum absolute atomic E-state index is 0.00182. The lowest BCUT2D eigenvalue weighted by molar-refractivity contribution is -0.119. The Bertz CT molecular complexity index is 470. The summed E-state index contributed by atoms with van der Waals surface area (Å²) in [6.45, 7) is 6.44. The van der Waals surface area contributed by atoms with Crippen LogP contribution in [0.3, 0.4) is 0 Å².